The van der Waals surface area contributed by atoms with Crippen molar-refractivity contribution >= 4 is 11.4 Å². The van der Waals surface area contributed by atoms with Crippen molar-refractivity contribution in [2.75, 3.05) is 18.5 Å². The molecule has 86 valence electrons. The lowest BCUT2D eigenvalue weighted by molar-refractivity contribution is -0.384. The molecule has 1 aliphatic heterocycles. The Morgan fingerprint density at radius 3 is 2.94 bits per heavy atom. The summed E-state index contributed by atoms with van der Waals surface area (Å²) in [6.07, 6.45) is 1.99. The number of nitrogens with one attached hydrogen (secondary N) is 1. The molecular formula is C11H14N2O3. The predicted octanol–water partition coefficient (Wildman–Crippen LogP) is 2.19. The van der Waals surface area contributed by atoms with Gasteiger partial charge < -0.3 is 10.1 Å². The maximum absolute atomic E-state index is 10.8. The van der Waals surface area contributed by atoms with Gasteiger partial charge in [0.2, 0.25) is 0 Å². The van der Waals surface area contributed by atoms with Crippen LogP contribution >= 0.6 is 0 Å². The molecule has 2 rings (SSSR count). The number of nitro benzene ring substituents is 1. The minimum absolute atomic E-state index is 0.119. The highest BCUT2D eigenvalue weighted by molar-refractivity contribution is 5.61. The molecule has 0 aliphatic carbocycles. The van der Waals surface area contributed by atoms with Crippen molar-refractivity contribution in [3.8, 4) is 0 Å². The van der Waals surface area contributed by atoms with E-state index in [0.29, 0.717) is 12.3 Å². The SMILES string of the molecule is O=[N+]([O-])c1ccccc1NC1CCCOC1. The Balaban J connectivity index is 2.10. The van der Waals surface area contributed by atoms with E-state index >= 15 is 0 Å². The lowest BCUT2D eigenvalue weighted by Crippen LogP contribution is -2.30. The van der Waals surface area contributed by atoms with Gasteiger partial charge in [0.15, 0.2) is 0 Å². The van der Waals surface area contributed by atoms with E-state index in [9.17, 15) is 10.1 Å². The molecule has 5 heteroatoms. The van der Waals surface area contributed by atoms with Gasteiger partial charge in [-0.3, -0.25) is 10.1 Å². The van der Waals surface area contributed by atoms with Gasteiger partial charge in [0, 0.05) is 18.7 Å². The molecule has 1 fully saturated rings. The summed E-state index contributed by atoms with van der Waals surface area (Å²) in [5.74, 6) is 0. The highest BCUT2D eigenvalue weighted by Crippen LogP contribution is 2.25. The molecule has 0 saturated carbocycles. The summed E-state index contributed by atoms with van der Waals surface area (Å²) in [6, 6.07) is 6.87. The van der Waals surface area contributed by atoms with Crippen molar-refractivity contribution < 1.29 is 9.66 Å². The third kappa shape index (κ3) is 2.49. The van der Waals surface area contributed by atoms with Crippen LogP contribution in [0.5, 0.6) is 0 Å². The van der Waals surface area contributed by atoms with Gasteiger partial charge in [-0.15, -0.1) is 0 Å². The van der Waals surface area contributed by atoms with Crippen LogP contribution in [0.4, 0.5) is 11.4 Å². The largest absolute Gasteiger partial charge is 0.379 e. The Kier molecular flexibility index (Phi) is 3.36. The van der Waals surface area contributed by atoms with Crippen LogP contribution < -0.4 is 5.32 Å². The van der Waals surface area contributed by atoms with Crippen LogP contribution in [0.15, 0.2) is 24.3 Å². The van der Waals surface area contributed by atoms with Gasteiger partial charge in [-0.1, -0.05) is 12.1 Å². The summed E-state index contributed by atoms with van der Waals surface area (Å²) in [6.45, 7) is 1.40. The summed E-state index contributed by atoms with van der Waals surface area (Å²) < 4.78 is 5.32. The van der Waals surface area contributed by atoms with Crippen molar-refractivity contribution in [1.82, 2.24) is 0 Å². The minimum atomic E-state index is -0.369. The first-order chi connectivity index (χ1) is 7.77. The number of nitrogens with zero attached hydrogens (tertiary/aromatic N) is 1. The normalized spacial score (nSPS) is 20.4. The van der Waals surface area contributed by atoms with E-state index in [1.165, 1.54) is 6.07 Å². The average Bonchev–Trinajstić information content (AvgIpc) is 2.31. The number of rotatable bonds is 3. The fourth-order valence-electron chi connectivity index (χ4n) is 1.83. The molecule has 0 spiro atoms. The quantitative estimate of drug-likeness (QED) is 0.629. The average molecular weight is 222 g/mol. The highest BCUT2D eigenvalue weighted by atomic mass is 16.6. The van der Waals surface area contributed by atoms with E-state index < -0.39 is 0 Å². The molecule has 1 N–H and O–H groups in total. The maximum atomic E-state index is 10.8. The zero-order chi connectivity index (χ0) is 11.4. The second-order valence-electron chi connectivity index (χ2n) is 3.83. The molecule has 1 aromatic carbocycles. The molecule has 0 amide bonds. The molecule has 5 nitrogen and oxygen atoms in total. The number of hydrogen-bond acceptors (Lipinski definition) is 4. The highest BCUT2D eigenvalue weighted by Gasteiger charge is 2.18. The van der Waals surface area contributed by atoms with Gasteiger partial charge in [0.25, 0.3) is 5.69 Å². The lowest BCUT2D eigenvalue weighted by atomic mass is 10.1. The monoisotopic (exact) mass is 222 g/mol. The number of para-hydroxylation sites is 2. The number of hydrogen-bond donors (Lipinski definition) is 1. The molecule has 0 bridgehead atoms. The second-order valence-corrected chi connectivity index (χ2v) is 3.83. The Bertz CT molecular complexity index is 375. The molecular weight excluding hydrogens is 208 g/mol. The van der Waals surface area contributed by atoms with Crippen molar-refractivity contribution in [3.05, 3.63) is 34.4 Å². The Morgan fingerprint density at radius 1 is 1.44 bits per heavy atom. The van der Waals surface area contributed by atoms with Crippen LogP contribution in [0.2, 0.25) is 0 Å². The second kappa shape index (κ2) is 4.94. The third-order valence-electron chi connectivity index (χ3n) is 2.62. The van der Waals surface area contributed by atoms with E-state index in [1.54, 1.807) is 18.2 Å². The lowest BCUT2D eigenvalue weighted by Gasteiger charge is -2.23. The van der Waals surface area contributed by atoms with Gasteiger partial charge in [-0.25, -0.2) is 0 Å². The van der Waals surface area contributed by atoms with Crippen LogP contribution in [-0.4, -0.2) is 24.2 Å². The summed E-state index contributed by atoms with van der Waals surface area (Å²) in [7, 11) is 0. The van der Waals surface area contributed by atoms with E-state index in [4.69, 9.17) is 4.74 Å². The summed E-state index contributed by atoms with van der Waals surface area (Å²) in [5.41, 5.74) is 0.691. The Hall–Kier alpha value is -1.62. The van der Waals surface area contributed by atoms with Gasteiger partial charge in [0.1, 0.15) is 5.69 Å². The Labute approximate surface area is 93.6 Å². The molecule has 1 aromatic rings. The van der Waals surface area contributed by atoms with Crippen LogP contribution in [0.3, 0.4) is 0 Å². The molecule has 1 unspecified atom stereocenters. The first-order valence-corrected chi connectivity index (χ1v) is 5.35. The first kappa shape index (κ1) is 10.9. The topological polar surface area (TPSA) is 64.4 Å². The molecule has 1 aliphatic rings. The summed E-state index contributed by atoms with van der Waals surface area (Å²) >= 11 is 0. The van der Waals surface area contributed by atoms with Crippen molar-refractivity contribution in [1.29, 1.82) is 0 Å². The summed E-state index contributed by atoms with van der Waals surface area (Å²) in [5, 5.41) is 14.0. The molecule has 0 radical (unpaired) electrons. The van der Waals surface area contributed by atoms with Crippen LogP contribution in [0, 0.1) is 10.1 Å². The summed E-state index contributed by atoms with van der Waals surface area (Å²) in [4.78, 5) is 10.4. The molecule has 0 aromatic heterocycles. The minimum Gasteiger partial charge on any atom is -0.379 e. The van der Waals surface area contributed by atoms with Crippen LogP contribution in [-0.2, 0) is 4.74 Å². The maximum Gasteiger partial charge on any atom is 0.292 e. The van der Waals surface area contributed by atoms with E-state index in [2.05, 4.69) is 5.32 Å². The zero-order valence-electron chi connectivity index (χ0n) is 8.89. The number of anilines is 1. The molecule has 1 heterocycles. The fraction of sp³-hybridized carbons (Fsp3) is 0.455. The van der Waals surface area contributed by atoms with Gasteiger partial charge in [-0.05, 0) is 18.9 Å². The van der Waals surface area contributed by atoms with Crippen molar-refractivity contribution in [2.24, 2.45) is 0 Å². The number of benzene rings is 1. The van der Waals surface area contributed by atoms with E-state index in [0.717, 1.165) is 19.4 Å². The predicted molar refractivity (Wildman–Crippen MR) is 60.6 cm³/mol. The third-order valence-corrected chi connectivity index (χ3v) is 2.62. The van der Waals surface area contributed by atoms with E-state index in [1.807, 2.05) is 0 Å². The van der Waals surface area contributed by atoms with Crippen LogP contribution in [0.1, 0.15) is 12.8 Å². The van der Waals surface area contributed by atoms with Gasteiger partial charge in [0.05, 0.1) is 11.5 Å². The Morgan fingerprint density at radius 2 is 2.25 bits per heavy atom. The van der Waals surface area contributed by atoms with Crippen molar-refractivity contribution in [2.45, 2.75) is 18.9 Å². The standard InChI is InChI=1S/C11H14N2O3/c14-13(15)11-6-2-1-5-10(11)12-9-4-3-7-16-8-9/h1-2,5-6,9,12H,3-4,7-8H2. The van der Waals surface area contributed by atoms with Crippen LogP contribution in [0.25, 0.3) is 0 Å². The fourth-order valence-corrected chi connectivity index (χ4v) is 1.83. The molecule has 1 atom stereocenters. The smallest absolute Gasteiger partial charge is 0.292 e. The first-order valence-electron chi connectivity index (χ1n) is 5.35. The number of ether oxygens (including phenoxy) is 1. The molecule has 1 saturated heterocycles. The molecule has 16 heavy (non-hydrogen) atoms. The van der Waals surface area contributed by atoms with Gasteiger partial charge >= 0.3 is 0 Å². The van der Waals surface area contributed by atoms with E-state index in [-0.39, 0.29) is 16.7 Å². The number of nitro groups is 1. The zero-order valence-corrected chi connectivity index (χ0v) is 8.89. The van der Waals surface area contributed by atoms with Gasteiger partial charge in [-0.2, -0.15) is 0 Å². The van der Waals surface area contributed by atoms with Crippen molar-refractivity contribution in [3.63, 3.8) is 0 Å².